The molecule has 0 saturated carbocycles. The Morgan fingerprint density at radius 3 is 1.60 bits per heavy atom. The molecule has 3 heteroatoms. The van der Waals surface area contributed by atoms with Crippen molar-refractivity contribution in [2.45, 2.75) is 0 Å². The molecular weight excluding hydrogens is 631 g/mol. The van der Waals surface area contributed by atoms with Crippen LogP contribution in [0.2, 0.25) is 0 Å². The lowest BCUT2D eigenvalue weighted by molar-refractivity contribution is 1.23. The molecule has 0 radical (unpaired) electrons. The van der Waals surface area contributed by atoms with Crippen molar-refractivity contribution in [1.82, 2.24) is 15.0 Å². The highest BCUT2D eigenvalue weighted by atomic mass is 14.9. The van der Waals surface area contributed by atoms with Gasteiger partial charge in [-0.2, -0.15) is 0 Å². The van der Waals surface area contributed by atoms with Crippen LogP contribution >= 0.6 is 0 Å². The van der Waals surface area contributed by atoms with Crippen LogP contribution in [-0.4, -0.2) is 15.0 Å². The van der Waals surface area contributed by atoms with Crippen LogP contribution in [0.4, 0.5) is 0 Å². The molecule has 0 atom stereocenters. The highest BCUT2D eigenvalue weighted by Crippen LogP contribution is 2.38. The van der Waals surface area contributed by atoms with Crippen LogP contribution in [0.3, 0.4) is 0 Å². The molecule has 0 aliphatic carbocycles. The van der Waals surface area contributed by atoms with E-state index in [-0.39, 0.29) is 0 Å². The fraction of sp³-hybridized carbons (Fsp3) is 0. The molecule has 10 rings (SSSR count). The van der Waals surface area contributed by atoms with Crippen LogP contribution in [0.15, 0.2) is 188 Å². The van der Waals surface area contributed by atoms with Gasteiger partial charge in [-0.25, -0.2) is 15.0 Å². The topological polar surface area (TPSA) is 38.7 Å². The van der Waals surface area contributed by atoms with Gasteiger partial charge in [0.1, 0.15) is 0 Å². The Labute approximate surface area is 301 Å². The SMILES string of the molecule is c1ccc(-c2ccc(-c3nc(-c4cccc(-c5ccc(-c6nc7ccccc7c7c6ccc6ccccc67)cc5)c4)c4ccccc4n3)cc2)cc1. The normalized spacial score (nSPS) is 11.5. The smallest absolute Gasteiger partial charge is 0.160 e. The lowest BCUT2D eigenvalue weighted by Gasteiger charge is -2.13. The Kier molecular flexibility index (Phi) is 7.14. The van der Waals surface area contributed by atoms with E-state index < -0.39 is 0 Å². The van der Waals surface area contributed by atoms with E-state index >= 15 is 0 Å². The van der Waals surface area contributed by atoms with E-state index in [0.29, 0.717) is 5.82 Å². The van der Waals surface area contributed by atoms with E-state index in [1.54, 1.807) is 0 Å². The Bertz CT molecular complexity index is 2920. The second kappa shape index (κ2) is 12.4. The summed E-state index contributed by atoms with van der Waals surface area (Å²) in [5.74, 6) is 0.714. The number of pyridine rings is 1. The average molecular weight is 662 g/mol. The summed E-state index contributed by atoms with van der Waals surface area (Å²) in [6.45, 7) is 0. The van der Waals surface area contributed by atoms with Crippen molar-refractivity contribution in [2.24, 2.45) is 0 Å². The third-order valence-corrected chi connectivity index (χ3v) is 10.1. The molecule has 0 saturated heterocycles. The fourth-order valence-corrected chi connectivity index (χ4v) is 7.48. The average Bonchev–Trinajstić information content (AvgIpc) is 3.23. The zero-order valence-electron chi connectivity index (χ0n) is 28.2. The maximum Gasteiger partial charge on any atom is 0.160 e. The van der Waals surface area contributed by atoms with Crippen molar-refractivity contribution in [1.29, 1.82) is 0 Å². The molecule has 3 nitrogen and oxygen atoms in total. The van der Waals surface area contributed by atoms with Gasteiger partial charge in [-0.3, -0.25) is 0 Å². The number of aromatic nitrogens is 3. The third-order valence-electron chi connectivity index (χ3n) is 10.1. The van der Waals surface area contributed by atoms with Gasteiger partial charge < -0.3 is 0 Å². The fourth-order valence-electron chi connectivity index (χ4n) is 7.48. The minimum atomic E-state index is 0.714. The maximum absolute atomic E-state index is 5.20. The van der Waals surface area contributed by atoms with Gasteiger partial charge in [-0.05, 0) is 51.2 Å². The Hall–Kier alpha value is -6.97. The first-order valence-electron chi connectivity index (χ1n) is 17.6. The Balaban J connectivity index is 1.04. The summed E-state index contributed by atoms with van der Waals surface area (Å²) >= 11 is 0. The number of hydrogen-bond donors (Lipinski definition) is 0. The standard InChI is InChI=1S/C49H31N3/c1-2-11-32(12-3-1)33-23-27-37(28-24-33)49-51-45-20-9-7-18-42(45)48(52-49)39-15-10-14-38(31-39)34-21-25-36(26-22-34)47-43-30-29-35-13-4-5-16-40(35)46(43)41-17-6-8-19-44(41)50-47/h1-31H. The van der Waals surface area contributed by atoms with E-state index in [1.807, 2.05) is 12.1 Å². The van der Waals surface area contributed by atoms with Crippen molar-refractivity contribution >= 4 is 43.4 Å². The maximum atomic E-state index is 5.20. The van der Waals surface area contributed by atoms with E-state index in [4.69, 9.17) is 15.0 Å². The summed E-state index contributed by atoms with van der Waals surface area (Å²) < 4.78 is 0. The number of para-hydroxylation sites is 2. The molecule has 52 heavy (non-hydrogen) atoms. The van der Waals surface area contributed by atoms with Gasteiger partial charge in [-0.15, -0.1) is 0 Å². The minimum absolute atomic E-state index is 0.714. The van der Waals surface area contributed by atoms with E-state index in [0.717, 1.165) is 61.0 Å². The summed E-state index contributed by atoms with van der Waals surface area (Å²) in [7, 11) is 0. The molecule has 0 amide bonds. The third kappa shape index (κ3) is 5.19. The van der Waals surface area contributed by atoms with Crippen LogP contribution in [0.1, 0.15) is 0 Å². The van der Waals surface area contributed by atoms with Gasteiger partial charge in [0.05, 0.1) is 22.4 Å². The molecule has 2 heterocycles. The molecule has 2 aromatic heterocycles. The zero-order chi connectivity index (χ0) is 34.4. The van der Waals surface area contributed by atoms with Gasteiger partial charge in [0.2, 0.25) is 0 Å². The Morgan fingerprint density at radius 2 is 0.808 bits per heavy atom. The predicted octanol–water partition coefficient (Wildman–Crippen LogP) is 12.8. The summed E-state index contributed by atoms with van der Waals surface area (Å²) in [5, 5.41) is 7.10. The van der Waals surface area contributed by atoms with Crippen molar-refractivity contribution in [3.63, 3.8) is 0 Å². The zero-order valence-corrected chi connectivity index (χ0v) is 28.2. The van der Waals surface area contributed by atoms with Gasteiger partial charge in [0, 0.05) is 38.2 Å². The molecule has 0 aliphatic rings. The first kappa shape index (κ1) is 29.9. The van der Waals surface area contributed by atoms with Crippen LogP contribution in [0.5, 0.6) is 0 Å². The minimum Gasteiger partial charge on any atom is -0.247 e. The van der Waals surface area contributed by atoms with Crippen molar-refractivity contribution in [3.05, 3.63) is 188 Å². The molecule has 0 spiro atoms. The molecular formula is C49H31N3. The van der Waals surface area contributed by atoms with Gasteiger partial charge >= 0.3 is 0 Å². The molecule has 0 unspecified atom stereocenters. The van der Waals surface area contributed by atoms with Crippen LogP contribution < -0.4 is 0 Å². The van der Waals surface area contributed by atoms with E-state index in [1.165, 1.54) is 32.7 Å². The summed E-state index contributed by atoms with van der Waals surface area (Å²) in [6, 6.07) is 66.2. The summed E-state index contributed by atoms with van der Waals surface area (Å²) in [4.78, 5) is 15.4. The second-order valence-corrected chi connectivity index (χ2v) is 13.2. The molecule has 242 valence electrons. The highest BCUT2D eigenvalue weighted by molar-refractivity contribution is 6.22. The summed E-state index contributed by atoms with van der Waals surface area (Å²) in [6.07, 6.45) is 0. The van der Waals surface area contributed by atoms with Crippen molar-refractivity contribution in [3.8, 4) is 56.2 Å². The van der Waals surface area contributed by atoms with Gasteiger partial charge in [0.25, 0.3) is 0 Å². The largest absolute Gasteiger partial charge is 0.247 e. The monoisotopic (exact) mass is 661 g/mol. The Morgan fingerprint density at radius 1 is 0.269 bits per heavy atom. The molecule has 10 aromatic rings. The lowest BCUT2D eigenvalue weighted by Crippen LogP contribution is -1.95. The molecule has 0 fully saturated rings. The molecule has 0 aliphatic heterocycles. The lowest BCUT2D eigenvalue weighted by atomic mass is 9.94. The van der Waals surface area contributed by atoms with Crippen LogP contribution in [0.25, 0.3) is 99.5 Å². The predicted molar refractivity (Wildman–Crippen MR) is 217 cm³/mol. The summed E-state index contributed by atoms with van der Waals surface area (Å²) in [5.41, 5.74) is 11.6. The van der Waals surface area contributed by atoms with Gasteiger partial charge in [-0.1, -0.05) is 170 Å². The first-order valence-corrected chi connectivity index (χ1v) is 17.6. The first-order chi connectivity index (χ1) is 25.8. The second-order valence-electron chi connectivity index (χ2n) is 13.2. The number of benzene rings is 8. The van der Waals surface area contributed by atoms with E-state index in [2.05, 4.69) is 176 Å². The number of nitrogens with zero attached hydrogens (tertiary/aromatic N) is 3. The number of fused-ring (bicyclic) bond motifs is 6. The highest BCUT2D eigenvalue weighted by Gasteiger charge is 2.15. The van der Waals surface area contributed by atoms with Gasteiger partial charge in [0.15, 0.2) is 5.82 Å². The number of hydrogen-bond acceptors (Lipinski definition) is 3. The van der Waals surface area contributed by atoms with E-state index in [9.17, 15) is 0 Å². The van der Waals surface area contributed by atoms with Crippen LogP contribution in [-0.2, 0) is 0 Å². The molecule has 0 bridgehead atoms. The number of rotatable bonds is 5. The van der Waals surface area contributed by atoms with Crippen molar-refractivity contribution in [2.75, 3.05) is 0 Å². The molecule has 0 N–H and O–H groups in total. The quantitative estimate of drug-likeness (QED) is 0.172. The van der Waals surface area contributed by atoms with Crippen LogP contribution in [0, 0.1) is 0 Å². The molecule has 8 aromatic carbocycles. The van der Waals surface area contributed by atoms with Crippen molar-refractivity contribution < 1.29 is 0 Å².